The summed E-state index contributed by atoms with van der Waals surface area (Å²) in [6.07, 6.45) is 2.84. The van der Waals surface area contributed by atoms with E-state index in [4.69, 9.17) is 0 Å². The minimum absolute atomic E-state index is 0.187. The topological polar surface area (TPSA) is 23.6 Å². The molecule has 0 N–H and O–H groups in total. The SMILES string of the molecule is CCC(=O)N1Cc2ccccc2CC2(CCN(Cc3ccccc3)C2)C1. The minimum atomic E-state index is 0.187. The molecule has 2 heterocycles. The van der Waals surface area contributed by atoms with Gasteiger partial charge in [-0.3, -0.25) is 9.69 Å². The van der Waals surface area contributed by atoms with Crippen LogP contribution in [0.15, 0.2) is 54.6 Å². The Morgan fingerprint density at radius 2 is 1.73 bits per heavy atom. The molecule has 3 heteroatoms. The van der Waals surface area contributed by atoms with Crippen molar-refractivity contribution in [3.63, 3.8) is 0 Å². The van der Waals surface area contributed by atoms with Crippen LogP contribution in [0.3, 0.4) is 0 Å². The second-order valence-electron chi connectivity index (χ2n) is 8.00. The predicted molar refractivity (Wildman–Crippen MR) is 105 cm³/mol. The van der Waals surface area contributed by atoms with E-state index in [2.05, 4.69) is 64.4 Å². The van der Waals surface area contributed by atoms with Gasteiger partial charge in [0.1, 0.15) is 0 Å². The normalized spacial score (nSPS) is 23.0. The quantitative estimate of drug-likeness (QED) is 0.840. The van der Waals surface area contributed by atoms with Gasteiger partial charge in [-0.1, -0.05) is 61.5 Å². The fraction of sp³-hybridized carbons (Fsp3) is 0.435. The molecule has 1 saturated heterocycles. The van der Waals surface area contributed by atoms with Crippen LogP contribution in [0.5, 0.6) is 0 Å². The number of rotatable bonds is 3. The van der Waals surface area contributed by atoms with E-state index in [1.807, 2.05) is 6.92 Å². The maximum Gasteiger partial charge on any atom is 0.222 e. The Morgan fingerprint density at radius 3 is 2.50 bits per heavy atom. The number of hydrogen-bond donors (Lipinski definition) is 0. The summed E-state index contributed by atoms with van der Waals surface area (Å²) >= 11 is 0. The maximum absolute atomic E-state index is 12.6. The number of carbonyl (C=O) groups excluding carboxylic acids is 1. The fourth-order valence-corrected chi connectivity index (χ4v) is 4.69. The lowest BCUT2D eigenvalue weighted by atomic mass is 9.80. The molecule has 136 valence electrons. The number of fused-ring (bicyclic) bond motifs is 1. The molecular weight excluding hydrogens is 320 g/mol. The zero-order chi connectivity index (χ0) is 18.0. The highest BCUT2D eigenvalue weighted by atomic mass is 16.2. The smallest absolute Gasteiger partial charge is 0.222 e. The van der Waals surface area contributed by atoms with Gasteiger partial charge in [0.25, 0.3) is 0 Å². The molecule has 3 nitrogen and oxygen atoms in total. The zero-order valence-electron chi connectivity index (χ0n) is 15.7. The van der Waals surface area contributed by atoms with Crippen LogP contribution >= 0.6 is 0 Å². The fourth-order valence-electron chi connectivity index (χ4n) is 4.69. The molecule has 1 spiro atoms. The largest absolute Gasteiger partial charge is 0.338 e. The molecule has 0 saturated carbocycles. The second-order valence-corrected chi connectivity index (χ2v) is 8.00. The number of hydrogen-bond acceptors (Lipinski definition) is 2. The van der Waals surface area contributed by atoms with Gasteiger partial charge in [-0.05, 0) is 36.1 Å². The van der Waals surface area contributed by atoms with Crippen LogP contribution in [-0.4, -0.2) is 35.3 Å². The molecule has 26 heavy (non-hydrogen) atoms. The predicted octanol–water partition coefficient (Wildman–Crippen LogP) is 3.87. The van der Waals surface area contributed by atoms with Gasteiger partial charge in [-0.25, -0.2) is 0 Å². The summed E-state index contributed by atoms with van der Waals surface area (Å²) in [6.45, 7) is 6.83. The number of nitrogens with zero attached hydrogens (tertiary/aromatic N) is 2. The van der Waals surface area contributed by atoms with Gasteiger partial charge in [-0.15, -0.1) is 0 Å². The monoisotopic (exact) mass is 348 g/mol. The van der Waals surface area contributed by atoms with Crippen LogP contribution in [0.4, 0.5) is 0 Å². The first kappa shape index (κ1) is 17.3. The minimum Gasteiger partial charge on any atom is -0.338 e. The molecule has 0 radical (unpaired) electrons. The van der Waals surface area contributed by atoms with Crippen molar-refractivity contribution < 1.29 is 4.79 Å². The lowest BCUT2D eigenvalue weighted by molar-refractivity contribution is -0.132. The van der Waals surface area contributed by atoms with Crippen LogP contribution in [0.25, 0.3) is 0 Å². The summed E-state index contributed by atoms with van der Waals surface area (Å²) in [4.78, 5) is 17.2. The first-order valence-electron chi connectivity index (χ1n) is 9.78. The van der Waals surface area contributed by atoms with Crippen molar-refractivity contribution >= 4 is 5.91 Å². The van der Waals surface area contributed by atoms with Gasteiger partial charge in [-0.2, -0.15) is 0 Å². The zero-order valence-corrected chi connectivity index (χ0v) is 15.7. The first-order valence-corrected chi connectivity index (χ1v) is 9.78. The average molecular weight is 348 g/mol. The summed E-state index contributed by atoms with van der Waals surface area (Å²) < 4.78 is 0. The third kappa shape index (κ3) is 3.54. The summed E-state index contributed by atoms with van der Waals surface area (Å²) in [5.41, 5.74) is 4.32. The highest BCUT2D eigenvalue weighted by molar-refractivity contribution is 5.76. The molecule has 2 aromatic carbocycles. The van der Waals surface area contributed by atoms with Crippen LogP contribution in [0.1, 0.15) is 36.5 Å². The van der Waals surface area contributed by atoms with Gasteiger partial charge in [0.15, 0.2) is 0 Å². The third-order valence-corrected chi connectivity index (χ3v) is 5.99. The van der Waals surface area contributed by atoms with E-state index in [9.17, 15) is 4.79 Å². The first-order chi connectivity index (χ1) is 12.7. The Balaban J connectivity index is 1.57. The number of carbonyl (C=O) groups is 1. The molecule has 2 aromatic rings. The van der Waals surface area contributed by atoms with E-state index in [1.165, 1.54) is 23.1 Å². The molecule has 2 aliphatic rings. The van der Waals surface area contributed by atoms with E-state index < -0.39 is 0 Å². The molecule has 4 rings (SSSR count). The van der Waals surface area contributed by atoms with Gasteiger partial charge in [0.2, 0.25) is 5.91 Å². The van der Waals surface area contributed by atoms with Crippen molar-refractivity contribution in [2.75, 3.05) is 19.6 Å². The summed E-state index contributed by atoms with van der Waals surface area (Å²) in [7, 11) is 0. The molecular formula is C23H28N2O. The molecule has 1 unspecified atom stereocenters. The van der Waals surface area contributed by atoms with Crippen molar-refractivity contribution in [1.29, 1.82) is 0 Å². The van der Waals surface area contributed by atoms with Crippen LogP contribution < -0.4 is 0 Å². The highest BCUT2D eigenvalue weighted by Crippen LogP contribution is 2.39. The average Bonchev–Trinajstić information content (AvgIpc) is 2.96. The molecule has 1 amide bonds. The van der Waals surface area contributed by atoms with Crippen LogP contribution in [0.2, 0.25) is 0 Å². The molecule has 2 aliphatic heterocycles. The number of benzene rings is 2. The molecule has 0 aromatic heterocycles. The Bertz CT molecular complexity index is 773. The Hall–Kier alpha value is -2.13. The van der Waals surface area contributed by atoms with Gasteiger partial charge in [0, 0.05) is 38.0 Å². The lowest BCUT2D eigenvalue weighted by Gasteiger charge is -2.33. The van der Waals surface area contributed by atoms with Crippen molar-refractivity contribution in [1.82, 2.24) is 9.80 Å². The Labute approximate surface area is 156 Å². The van der Waals surface area contributed by atoms with E-state index in [0.29, 0.717) is 6.42 Å². The maximum atomic E-state index is 12.6. The Morgan fingerprint density at radius 1 is 1.00 bits per heavy atom. The lowest BCUT2D eigenvalue weighted by Crippen LogP contribution is -2.41. The van der Waals surface area contributed by atoms with Crippen molar-refractivity contribution in [2.45, 2.75) is 39.3 Å². The van der Waals surface area contributed by atoms with E-state index in [1.54, 1.807) is 0 Å². The van der Waals surface area contributed by atoms with Crippen LogP contribution in [-0.2, 0) is 24.3 Å². The van der Waals surface area contributed by atoms with E-state index in [0.717, 1.165) is 39.1 Å². The van der Waals surface area contributed by atoms with Gasteiger partial charge < -0.3 is 4.90 Å². The highest BCUT2D eigenvalue weighted by Gasteiger charge is 2.42. The second kappa shape index (κ2) is 7.24. The molecule has 1 fully saturated rings. The third-order valence-electron chi connectivity index (χ3n) is 5.99. The van der Waals surface area contributed by atoms with Crippen molar-refractivity contribution in [3.05, 3.63) is 71.3 Å². The molecule has 1 atom stereocenters. The van der Waals surface area contributed by atoms with Crippen LogP contribution in [0, 0.1) is 5.41 Å². The summed E-state index contributed by atoms with van der Waals surface area (Å²) in [6, 6.07) is 19.4. The number of amides is 1. The number of likely N-dealkylation sites (tertiary alicyclic amines) is 1. The Kier molecular flexibility index (Phi) is 4.82. The van der Waals surface area contributed by atoms with Crippen molar-refractivity contribution in [2.24, 2.45) is 5.41 Å². The van der Waals surface area contributed by atoms with E-state index >= 15 is 0 Å². The van der Waals surface area contributed by atoms with Gasteiger partial charge >= 0.3 is 0 Å². The molecule has 0 bridgehead atoms. The standard InChI is InChI=1S/C23H28N2O/c1-2-22(26)25-16-21-11-7-6-10-20(21)14-23(18-25)12-13-24(17-23)15-19-8-4-3-5-9-19/h3-11H,2,12-18H2,1H3. The van der Waals surface area contributed by atoms with Gasteiger partial charge in [0.05, 0.1) is 0 Å². The summed E-state index contributed by atoms with van der Waals surface area (Å²) in [5, 5.41) is 0. The summed E-state index contributed by atoms with van der Waals surface area (Å²) in [5.74, 6) is 0.280. The van der Waals surface area contributed by atoms with E-state index in [-0.39, 0.29) is 11.3 Å². The molecule has 0 aliphatic carbocycles. The van der Waals surface area contributed by atoms with Crippen molar-refractivity contribution in [3.8, 4) is 0 Å².